The fourth-order valence-corrected chi connectivity index (χ4v) is 3.62. The summed E-state index contributed by atoms with van der Waals surface area (Å²) in [5.74, 6) is 0.0295. The monoisotopic (exact) mass is 356 g/mol. The number of benzene rings is 3. The van der Waals surface area contributed by atoms with Crippen LogP contribution in [0.25, 0.3) is 16.7 Å². The zero-order chi connectivity index (χ0) is 18.4. The van der Waals surface area contributed by atoms with Crippen LogP contribution in [0.2, 0.25) is 0 Å². The normalized spacial score (nSPS) is 16.1. The van der Waals surface area contributed by atoms with Gasteiger partial charge >= 0.3 is 0 Å². The maximum atomic E-state index is 12.2. The van der Waals surface area contributed by atoms with Gasteiger partial charge < -0.3 is 10.4 Å². The summed E-state index contributed by atoms with van der Waals surface area (Å²) in [6.45, 7) is 0. The minimum absolute atomic E-state index is 0.0321. The molecule has 0 spiro atoms. The van der Waals surface area contributed by atoms with E-state index in [4.69, 9.17) is 5.10 Å². The molecule has 4 aromatic rings. The Morgan fingerprint density at radius 3 is 2.52 bits per heavy atom. The fraction of sp³-hybridized carbons (Fsp3) is 0.0952. The van der Waals surface area contributed by atoms with E-state index in [0.29, 0.717) is 6.42 Å². The van der Waals surface area contributed by atoms with Gasteiger partial charge in [-0.15, -0.1) is 10.2 Å². The summed E-state index contributed by atoms with van der Waals surface area (Å²) in [6.07, 6.45) is 0.328. The summed E-state index contributed by atoms with van der Waals surface area (Å²) >= 11 is 0. The van der Waals surface area contributed by atoms with Crippen molar-refractivity contribution >= 4 is 22.6 Å². The molecular weight excluding hydrogens is 340 g/mol. The number of amides is 1. The lowest BCUT2D eigenvalue weighted by atomic mass is 9.84. The fourth-order valence-electron chi connectivity index (χ4n) is 3.62. The first-order valence-electron chi connectivity index (χ1n) is 8.73. The lowest BCUT2D eigenvalue weighted by molar-refractivity contribution is -0.116. The molecule has 6 nitrogen and oxygen atoms in total. The van der Waals surface area contributed by atoms with E-state index in [2.05, 4.69) is 10.4 Å². The number of nitrogens with zero attached hydrogens (tertiary/aromatic N) is 3. The number of carbonyl (C=O) groups is 1. The number of phenols is 1. The van der Waals surface area contributed by atoms with Crippen LogP contribution in [-0.2, 0) is 4.79 Å². The molecule has 1 aliphatic heterocycles. The van der Waals surface area contributed by atoms with Crippen molar-refractivity contribution in [2.24, 2.45) is 0 Å². The highest BCUT2D eigenvalue weighted by Gasteiger charge is 2.30. The SMILES string of the molecule is O=C1C[C@@H](c2ccc(O)cc2)c2c(ccc3nn(-c4ccccc4)nc23)N1. The molecule has 0 fully saturated rings. The smallest absolute Gasteiger partial charge is 0.225 e. The predicted molar refractivity (Wildman–Crippen MR) is 102 cm³/mol. The van der Waals surface area contributed by atoms with Crippen molar-refractivity contribution in [3.05, 3.63) is 77.9 Å². The van der Waals surface area contributed by atoms with E-state index < -0.39 is 0 Å². The molecule has 6 heteroatoms. The Balaban J connectivity index is 1.71. The van der Waals surface area contributed by atoms with Crippen molar-refractivity contribution in [3.8, 4) is 11.4 Å². The van der Waals surface area contributed by atoms with Crippen LogP contribution in [0.4, 0.5) is 5.69 Å². The molecule has 0 unspecified atom stereocenters. The quantitative estimate of drug-likeness (QED) is 0.575. The first-order chi connectivity index (χ1) is 13.2. The van der Waals surface area contributed by atoms with Crippen LogP contribution in [-0.4, -0.2) is 26.0 Å². The van der Waals surface area contributed by atoms with Gasteiger partial charge in [-0.1, -0.05) is 30.3 Å². The topological polar surface area (TPSA) is 80.0 Å². The van der Waals surface area contributed by atoms with Gasteiger partial charge in [0.25, 0.3) is 0 Å². The van der Waals surface area contributed by atoms with E-state index in [1.54, 1.807) is 16.9 Å². The van der Waals surface area contributed by atoms with Crippen molar-refractivity contribution in [1.29, 1.82) is 0 Å². The number of para-hydroxylation sites is 1. The van der Waals surface area contributed by atoms with Crippen LogP contribution in [0.5, 0.6) is 5.75 Å². The third-order valence-electron chi connectivity index (χ3n) is 4.89. The second kappa shape index (κ2) is 5.95. The van der Waals surface area contributed by atoms with Gasteiger partial charge in [0.1, 0.15) is 16.8 Å². The molecule has 2 heterocycles. The standard InChI is InChI=1S/C21H16N4O2/c26-15-8-6-13(7-9-15)16-12-19(27)22-17-10-11-18-21(20(16)17)24-25(23-18)14-4-2-1-3-5-14/h1-11,16,26H,12H2,(H,22,27)/t16-/m0/s1. The lowest BCUT2D eigenvalue weighted by Gasteiger charge is -2.26. The summed E-state index contributed by atoms with van der Waals surface area (Å²) in [7, 11) is 0. The average molecular weight is 356 g/mol. The first kappa shape index (κ1) is 15.6. The zero-order valence-corrected chi connectivity index (χ0v) is 14.3. The van der Waals surface area contributed by atoms with Gasteiger partial charge in [0.2, 0.25) is 5.91 Å². The van der Waals surface area contributed by atoms with Gasteiger partial charge in [-0.05, 0) is 42.0 Å². The Morgan fingerprint density at radius 1 is 0.963 bits per heavy atom. The Bertz CT molecular complexity index is 1150. The van der Waals surface area contributed by atoms with Crippen molar-refractivity contribution in [2.75, 3.05) is 5.32 Å². The second-order valence-electron chi connectivity index (χ2n) is 6.62. The molecule has 1 atom stereocenters. The average Bonchev–Trinajstić information content (AvgIpc) is 3.13. The van der Waals surface area contributed by atoms with E-state index >= 15 is 0 Å². The summed E-state index contributed by atoms with van der Waals surface area (Å²) in [5, 5.41) is 21.9. The number of fused-ring (bicyclic) bond motifs is 3. The molecule has 0 bridgehead atoms. The number of nitrogens with one attached hydrogen (secondary N) is 1. The highest BCUT2D eigenvalue weighted by Crippen LogP contribution is 2.41. The maximum absolute atomic E-state index is 12.2. The minimum atomic E-state index is -0.140. The molecule has 0 radical (unpaired) electrons. The summed E-state index contributed by atoms with van der Waals surface area (Å²) in [4.78, 5) is 13.9. The number of aromatic hydroxyl groups is 1. The third kappa shape index (κ3) is 2.62. The molecule has 132 valence electrons. The number of anilines is 1. The number of aromatic nitrogens is 3. The van der Waals surface area contributed by atoms with Gasteiger partial charge in [0.05, 0.1) is 5.69 Å². The number of rotatable bonds is 2. The van der Waals surface area contributed by atoms with E-state index in [9.17, 15) is 9.90 Å². The maximum Gasteiger partial charge on any atom is 0.225 e. The number of hydrogen-bond donors (Lipinski definition) is 2. The summed E-state index contributed by atoms with van der Waals surface area (Å²) in [6, 6.07) is 20.5. The van der Waals surface area contributed by atoms with Gasteiger partial charge in [-0.25, -0.2) is 0 Å². The highest BCUT2D eigenvalue weighted by atomic mass is 16.3. The number of hydrogen-bond acceptors (Lipinski definition) is 4. The molecule has 2 N–H and O–H groups in total. The molecule has 1 aromatic heterocycles. The second-order valence-corrected chi connectivity index (χ2v) is 6.62. The summed E-state index contributed by atoms with van der Waals surface area (Å²) in [5.41, 5.74) is 5.11. The number of phenolic OH excluding ortho intramolecular Hbond substituents is 1. The molecule has 3 aromatic carbocycles. The van der Waals surface area contributed by atoms with Crippen LogP contribution in [0.1, 0.15) is 23.5 Å². The van der Waals surface area contributed by atoms with Crippen molar-refractivity contribution in [1.82, 2.24) is 15.0 Å². The van der Waals surface area contributed by atoms with Gasteiger partial charge in [-0.3, -0.25) is 4.79 Å². The molecule has 1 aliphatic rings. The minimum Gasteiger partial charge on any atom is -0.508 e. The van der Waals surface area contributed by atoms with E-state index in [0.717, 1.165) is 33.5 Å². The van der Waals surface area contributed by atoms with Gasteiger partial charge in [-0.2, -0.15) is 4.80 Å². The predicted octanol–water partition coefficient (Wildman–Crippen LogP) is 3.60. The molecule has 5 rings (SSSR count). The van der Waals surface area contributed by atoms with Crippen LogP contribution in [0.3, 0.4) is 0 Å². The Labute approximate surface area is 155 Å². The first-order valence-corrected chi connectivity index (χ1v) is 8.73. The lowest BCUT2D eigenvalue weighted by Crippen LogP contribution is -2.23. The zero-order valence-electron chi connectivity index (χ0n) is 14.3. The van der Waals surface area contributed by atoms with Crippen molar-refractivity contribution in [3.63, 3.8) is 0 Å². The number of carbonyl (C=O) groups excluding carboxylic acids is 1. The molecule has 0 saturated carbocycles. The molecule has 1 amide bonds. The van der Waals surface area contributed by atoms with Crippen molar-refractivity contribution in [2.45, 2.75) is 12.3 Å². The van der Waals surface area contributed by atoms with E-state index in [1.165, 1.54) is 0 Å². The van der Waals surface area contributed by atoms with Gasteiger partial charge in [0, 0.05) is 23.6 Å². The largest absolute Gasteiger partial charge is 0.508 e. The molecule has 0 aliphatic carbocycles. The molecule has 0 saturated heterocycles. The molecular formula is C21H16N4O2. The van der Waals surface area contributed by atoms with Crippen LogP contribution >= 0.6 is 0 Å². The highest BCUT2D eigenvalue weighted by molar-refractivity contribution is 5.99. The van der Waals surface area contributed by atoms with Crippen LogP contribution in [0, 0.1) is 0 Å². The van der Waals surface area contributed by atoms with E-state index in [-0.39, 0.29) is 17.6 Å². The van der Waals surface area contributed by atoms with Crippen LogP contribution < -0.4 is 5.32 Å². The Morgan fingerprint density at radius 2 is 1.74 bits per heavy atom. The Kier molecular flexibility index (Phi) is 3.43. The van der Waals surface area contributed by atoms with Gasteiger partial charge in [0.15, 0.2) is 0 Å². The Hall–Kier alpha value is -3.67. The summed E-state index contributed by atoms with van der Waals surface area (Å²) < 4.78 is 0. The van der Waals surface area contributed by atoms with Crippen molar-refractivity contribution < 1.29 is 9.90 Å². The van der Waals surface area contributed by atoms with Crippen LogP contribution in [0.15, 0.2) is 66.7 Å². The molecule has 27 heavy (non-hydrogen) atoms. The van der Waals surface area contributed by atoms with E-state index in [1.807, 2.05) is 54.6 Å². The third-order valence-corrected chi connectivity index (χ3v) is 4.89.